The molecular formula is C16H13ClN2O2S. The number of thiophene rings is 1. The van der Waals surface area contributed by atoms with Crippen molar-refractivity contribution in [2.45, 2.75) is 0 Å². The highest BCUT2D eigenvalue weighted by Crippen LogP contribution is 2.36. The standard InChI is InChI=1S/C16H13ClN2O2S/c17-15-11-9-13(16(20)19-5-7-21-8-6-19)22-14(11)10-3-1-2-4-12(10)18-15/h1-4,9H,5-8H2. The van der Waals surface area contributed by atoms with Crippen molar-refractivity contribution in [3.63, 3.8) is 0 Å². The molecule has 0 N–H and O–H groups in total. The number of amides is 1. The van der Waals surface area contributed by atoms with Crippen molar-refractivity contribution in [1.82, 2.24) is 9.88 Å². The first kappa shape index (κ1) is 13.9. The summed E-state index contributed by atoms with van der Waals surface area (Å²) in [6, 6.07) is 9.72. The van der Waals surface area contributed by atoms with E-state index >= 15 is 0 Å². The average Bonchev–Trinajstić information content (AvgIpc) is 3.01. The number of fused-ring (bicyclic) bond motifs is 3. The second kappa shape index (κ2) is 5.50. The maximum absolute atomic E-state index is 12.6. The molecule has 0 unspecified atom stereocenters. The highest BCUT2D eigenvalue weighted by molar-refractivity contribution is 7.21. The number of hydrogen-bond donors (Lipinski definition) is 0. The van der Waals surface area contributed by atoms with Crippen LogP contribution in [0.15, 0.2) is 30.3 Å². The largest absolute Gasteiger partial charge is 0.378 e. The van der Waals surface area contributed by atoms with Crippen molar-refractivity contribution in [2.24, 2.45) is 0 Å². The molecule has 0 bridgehead atoms. The molecule has 112 valence electrons. The van der Waals surface area contributed by atoms with Crippen LogP contribution in [-0.4, -0.2) is 42.1 Å². The molecule has 1 amide bonds. The molecule has 3 aromatic rings. The smallest absolute Gasteiger partial charge is 0.264 e. The number of nitrogens with zero attached hydrogens (tertiary/aromatic N) is 2. The molecule has 22 heavy (non-hydrogen) atoms. The van der Waals surface area contributed by atoms with Crippen molar-refractivity contribution in [3.05, 3.63) is 40.4 Å². The van der Waals surface area contributed by atoms with E-state index < -0.39 is 0 Å². The quantitative estimate of drug-likeness (QED) is 0.640. The molecule has 6 heteroatoms. The summed E-state index contributed by atoms with van der Waals surface area (Å²) in [6.07, 6.45) is 0. The molecule has 0 atom stereocenters. The third-order valence-electron chi connectivity index (χ3n) is 3.83. The van der Waals surface area contributed by atoms with Gasteiger partial charge in [-0.25, -0.2) is 4.98 Å². The zero-order chi connectivity index (χ0) is 15.1. The van der Waals surface area contributed by atoms with Crippen molar-refractivity contribution in [2.75, 3.05) is 26.3 Å². The fraction of sp³-hybridized carbons (Fsp3) is 0.250. The monoisotopic (exact) mass is 332 g/mol. The summed E-state index contributed by atoms with van der Waals surface area (Å²) in [7, 11) is 0. The first-order valence-corrected chi connectivity index (χ1v) is 8.28. The molecule has 4 rings (SSSR count). The Morgan fingerprint density at radius 3 is 2.82 bits per heavy atom. The molecule has 0 spiro atoms. The summed E-state index contributed by atoms with van der Waals surface area (Å²) in [4.78, 5) is 19.6. The molecule has 1 fully saturated rings. The van der Waals surface area contributed by atoms with Gasteiger partial charge in [0.2, 0.25) is 0 Å². The number of morpholine rings is 1. The number of benzene rings is 1. The van der Waals surface area contributed by atoms with Gasteiger partial charge < -0.3 is 9.64 Å². The van der Waals surface area contributed by atoms with Crippen LogP contribution >= 0.6 is 22.9 Å². The number of halogens is 1. The average molecular weight is 333 g/mol. The lowest BCUT2D eigenvalue weighted by Gasteiger charge is -2.26. The zero-order valence-corrected chi connectivity index (χ0v) is 13.3. The lowest BCUT2D eigenvalue weighted by molar-refractivity contribution is 0.0306. The molecule has 1 saturated heterocycles. The Balaban J connectivity index is 1.84. The van der Waals surface area contributed by atoms with Crippen molar-refractivity contribution in [1.29, 1.82) is 0 Å². The summed E-state index contributed by atoms with van der Waals surface area (Å²) in [5.41, 5.74) is 0.854. The number of aromatic nitrogens is 1. The van der Waals surface area contributed by atoms with Crippen LogP contribution in [0.3, 0.4) is 0 Å². The maximum atomic E-state index is 12.6. The summed E-state index contributed by atoms with van der Waals surface area (Å²) in [6.45, 7) is 2.48. The molecule has 1 aliphatic rings. The third kappa shape index (κ3) is 2.26. The van der Waals surface area contributed by atoms with Gasteiger partial charge in [-0.05, 0) is 12.1 Å². The van der Waals surface area contributed by atoms with Crippen LogP contribution in [0.5, 0.6) is 0 Å². The van der Waals surface area contributed by atoms with Gasteiger partial charge in [0, 0.05) is 28.6 Å². The topological polar surface area (TPSA) is 42.4 Å². The third-order valence-corrected chi connectivity index (χ3v) is 5.28. The Bertz CT molecular complexity index is 871. The predicted octanol–water partition coefficient (Wildman–Crippen LogP) is 3.58. The molecule has 0 aliphatic carbocycles. The first-order chi connectivity index (χ1) is 10.7. The normalized spacial score (nSPS) is 15.6. The van der Waals surface area contributed by atoms with Gasteiger partial charge in [0.25, 0.3) is 5.91 Å². The van der Waals surface area contributed by atoms with Crippen LogP contribution in [0.25, 0.3) is 21.0 Å². The van der Waals surface area contributed by atoms with E-state index in [-0.39, 0.29) is 5.91 Å². The van der Waals surface area contributed by atoms with E-state index in [9.17, 15) is 4.79 Å². The summed E-state index contributed by atoms with van der Waals surface area (Å²) in [5, 5.41) is 2.33. The first-order valence-electron chi connectivity index (χ1n) is 7.09. The molecule has 1 aliphatic heterocycles. The summed E-state index contributed by atoms with van der Waals surface area (Å²) < 4.78 is 6.32. The van der Waals surface area contributed by atoms with E-state index in [0.29, 0.717) is 36.3 Å². The Hall–Kier alpha value is -1.69. The molecule has 4 nitrogen and oxygen atoms in total. The van der Waals surface area contributed by atoms with Crippen LogP contribution in [0.4, 0.5) is 0 Å². The van der Waals surface area contributed by atoms with Gasteiger partial charge in [-0.1, -0.05) is 29.8 Å². The lowest BCUT2D eigenvalue weighted by atomic mass is 10.2. The van der Waals surface area contributed by atoms with Gasteiger partial charge in [-0.2, -0.15) is 0 Å². The van der Waals surface area contributed by atoms with E-state index in [1.54, 1.807) is 0 Å². The molecular weight excluding hydrogens is 320 g/mol. The Kier molecular flexibility index (Phi) is 3.48. The number of pyridine rings is 1. The minimum atomic E-state index is 0.0460. The van der Waals surface area contributed by atoms with Crippen molar-refractivity contribution in [3.8, 4) is 0 Å². The highest BCUT2D eigenvalue weighted by atomic mass is 35.5. The molecule has 0 saturated carbocycles. The number of ether oxygens (including phenoxy) is 1. The van der Waals surface area contributed by atoms with Gasteiger partial charge in [-0.15, -0.1) is 11.3 Å². The van der Waals surface area contributed by atoms with E-state index in [1.807, 2.05) is 35.2 Å². The molecule has 2 aromatic heterocycles. The Morgan fingerprint density at radius 2 is 2.00 bits per heavy atom. The van der Waals surface area contributed by atoms with E-state index in [2.05, 4.69) is 4.98 Å². The second-order valence-electron chi connectivity index (χ2n) is 5.18. The predicted molar refractivity (Wildman–Crippen MR) is 88.9 cm³/mol. The van der Waals surface area contributed by atoms with Gasteiger partial charge in [-0.3, -0.25) is 4.79 Å². The Labute approximate surface area is 136 Å². The Morgan fingerprint density at radius 1 is 1.23 bits per heavy atom. The summed E-state index contributed by atoms with van der Waals surface area (Å²) >= 11 is 7.78. The van der Waals surface area contributed by atoms with E-state index in [0.717, 1.165) is 21.0 Å². The van der Waals surface area contributed by atoms with Crippen LogP contribution < -0.4 is 0 Å². The minimum Gasteiger partial charge on any atom is -0.378 e. The fourth-order valence-electron chi connectivity index (χ4n) is 2.70. The molecule has 1 aromatic carbocycles. The summed E-state index contributed by atoms with van der Waals surface area (Å²) in [5.74, 6) is 0.0460. The SMILES string of the molecule is O=C(c1cc2c(Cl)nc3ccccc3c2s1)N1CCOCC1. The van der Waals surface area contributed by atoms with Gasteiger partial charge in [0.15, 0.2) is 0 Å². The van der Waals surface area contributed by atoms with Crippen molar-refractivity contribution >= 4 is 49.8 Å². The minimum absolute atomic E-state index is 0.0460. The fourth-order valence-corrected chi connectivity index (χ4v) is 4.16. The number of carbonyl (C=O) groups is 1. The van der Waals surface area contributed by atoms with E-state index in [4.69, 9.17) is 16.3 Å². The van der Waals surface area contributed by atoms with Crippen molar-refractivity contribution < 1.29 is 9.53 Å². The van der Waals surface area contributed by atoms with Gasteiger partial charge in [0.1, 0.15) is 5.15 Å². The molecule has 3 heterocycles. The number of rotatable bonds is 1. The van der Waals surface area contributed by atoms with Gasteiger partial charge >= 0.3 is 0 Å². The molecule has 0 radical (unpaired) electrons. The van der Waals surface area contributed by atoms with Crippen LogP contribution in [0.1, 0.15) is 9.67 Å². The van der Waals surface area contributed by atoms with E-state index in [1.165, 1.54) is 11.3 Å². The number of carbonyl (C=O) groups excluding carboxylic acids is 1. The zero-order valence-electron chi connectivity index (χ0n) is 11.7. The van der Waals surface area contributed by atoms with Gasteiger partial charge in [0.05, 0.1) is 23.6 Å². The lowest BCUT2D eigenvalue weighted by Crippen LogP contribution is -2.40. The number of para-hydroxylation sites is 1. The highest BCUT2D eigenvalue weighted by Gasteiger charge is 2.22. The maximum Gasteiger partial charge on any atom is 0.264 e. The van der Waals surface area contributed by atoms with Crippen LogP contribution in [0.2, 0.25) is 5.15 Å². The second-order valence-corrected chi connectivity index (χ2v) is 6.59. The van der Waals surface area contributed by atoms with Crippen LogP contribution in [-0.2, 0) is 4.74 Å². The number of hydrogen-bond acceptors (Lipinski definition) is 4. The van der Waals surface area contributed by atoms with Crippen LogP contribution in [0, 0.1) is 0 Å².